The van der Waals surface area contributed by atoms with Gasteiger partial charge in [-0.3, -0.25) is 5.43 Å². The van der Waals surface area contributed by atoms with Crippen LogP contribution in [0.2, 0.25) is 0 Å². The van der Waals surface area contributed by atoms with E-state index in [9.17, 15) is 10.2 Å². The molecule has 0 aliphatic carbocycles. The first kappa shape index (κ1) is 14.9. The Bertz CT molecular complexity index is 664. The van der Waals surface area contributed by atoms with Crippen LogP contribution in [0.5, 0.6) is 11.5 Å². The van der Waals surface area contributed by atoms with E-state index >= 15 is 0 Å². The molecule has 21 heavy (non-hydrogen) atoms. The number of nitrogens with one attached hydrogen (secondary N) is 1. The number of aryl methyl sites for hydroxylation is 1. The zero-order chi connectivity index (χ0) is 15.4. The lowest BCUT2D eigenvalue weighted by Crippen LogP contribution is -1.98. The third kappa shape index (κ3) is 3.34. The number of phenols is 2. The Labute approximate surface area is 124 Å². The molecule has 4 heteroatoms. The van der Waals surface area contributed by atoms with Crippen molar-refractivity contribution in [2.24, 2.45) is 5.10 Å². The van der Waals surface area contributed by atoms with Crippen molar-refractivity contribution in [3.63, 3.8) is 0 Å². The molecule has 0 bridgehead atoms. The number of phenolic OH excluding ortho intramolecular Hbond substituents is 2. The van der Waals surface area contributed by atoms with Crippen molar-refractivity contribution in [2.45, 2.75) is 26.7 Å². The van der Waals surface area contributed by atoms with E-state index in [1.807, 2.05) is 39.0 Å². The van der Waals surface area contributed by atoms with Crippen LogP contribution in [0.4, 0.5) is 5.69 Å². The first-order chi connectivity index (χ1) is 10.0. The van der Waals surface area contributed by atoms with Crippen molar-refractivity contribution in [2.75, 3.05) is 5.43 Å². The van der Waals surface area contributed by atoms with Gasteiger partial charge in [0.15, 0.2) is 0 Å². The molecule has 2 aromatic carbocycles. The Morgan fingerprint density at radius 3 is 2.48 bits per heavy atom. The lowest BCUT2D eigenvalue weighted by atomic mass is 9.99. The van der Waals surface area contributed by atoms with Gasteiger partial charge in [0.05, 0.1) is 6.21 Å². The smallest absolute Gasteiger partial charge is 0.144 e. The second-order valence-electron chi connectivity index (χ2n) is 5.28. The Balaban J connectivity index is 2.24. The summed E-state index contributed by atoms with van der Waals surface area (Å²) in [5.41, 5.74) is 5.85. The normalized spacial score (nSPS) is 11.2. The number of para-hydroxylation sites is 1. The summed E-state index contributed by atoms with van der Waals surface area (Å²) in [5.74, 6) is 0.618. The molecule has 3 N–H and O–H groups in total. The Hall–Kier alpha value is -2.49. The van der Waals surface area contributed by atoms with E-state index in [1.54, 1.807) is 18.2 Å². The van der Waals surface area contributed by atoms with E-state index in [1.165, 1.54) is 6.21 Å². The molecule has 2 rings (SSSR count). The van der Waals surface area contributed by atoms with Crippen LogP contribution >= 0.6 is 0 Å². The molecule has 0 aliphatic heterocycles. The van der Waals surface area contributed by atoms with Crippen molar-refractivity contribution in [1.82, 2.24) is 0 Å². The molecule has 2 aromatic rings. The van der Waals surface area contributed by atoms with Gasteiger partial charge >= 0.3 is 0 Å². The van der Waals surface area contributed by atoms with Gasteiger partial charge in [-0.05, 0) is 36.1 Å². The maximum atomic E-state index is 10.3. The van der Waals surface area contributed by atoms with Crippen LogP contribution < -0.4 is 5.43 Å². The van der Waals surface area contributed by atoms with Crippen LogP contribution in [0.1, 0.15) is 36.5 Å². The molecule has 0 heterocycles. The van der Waals surface area contributed by atoms with Gasteiger partial charge in [0.1, 0.15) is 17.2 Å². The van der Waals surface area contributed by atoms with Gasteiger partial charge in [0.2, 0.25) is 0 Å². The predicted octanol–water partition coefficient (Wildman–Crippen LogP) is 3.98. The maximum absolute atomic E-state index is 10.3. The summed E-state index contributed by atoms with van der Waals surface area (Å²) < 4.78 is 0. The minimum atomic E-state index is 0.167. The summed E-state index contributed by atoms with van der Waals surface area (Å²) in [4.78, 5) is 0. The summed E-state index contributed by atoms with van der Waals surface area (Å²) in [6.07, 6.45) is 1.52. The highest BCUT2D eigenvalue weighted by molar-refractivity contribution is 5.84. The van der Waals surface area contributed by atoms with E-state index in [0.29, 0.717) is 11.3 Å². The molecule has 0 unspecified atom stereocenters. The highest BCUT2D eigenvalue weighted by Crippen LogP contribution is 2.35. The number of hydrogen-bond acceptors (Lipinski definition) is 4. The molecule has 0 aromatic heterocycles. The molecule has 0 aliphatic rings. The standard InChI is InChI=1S/C17H20N2O2/c1-11(2)14-9-8-12(3)16(17(14)21)19-18-10-13-6-4-5-7-15(13)20/h4-11,19-21H,1-3H3. The quantitative estimate of drug-likeness (QED) is 0.452. The molecule has 0 saturated heterocycles. The lowest BCUT2D eigenvalue weighted by molar-refractivity contribution is 0.466. The van der Waals surface area contributed by atoms with Crippen molar-refractivity contribution in [3.05, 3.63) is 53.1 Å². The summed E-state index contributed by atoms with van der Waals surface area (Å²) >= 11 is 0. The fourth-order valence-corrected chi connectivity index (χ4v) is 2.08. The van der Waals surface area contributed by atoms with Gasteiger partial charge in [0.25, 0.3) is 0 Å². The molecule has 0 atom stereocenters. The van der Waals surface area contributed by atoms with Crippen LogP contribution in [0.25, 0.3) is 0 Å². The van der Waals surface area contributed by atoms with E-state index in [-0.39, 0.29) is 17.4 Å². The number of rotatable bonds is 4. The average Bonchev–Trinajstić information content (AvgIpc) is 2.44. The van der Waals surface area contributed by atoms with E-state index in [0.717, 1.165) is 11.1 Å². The Kier molecular flexibility index (Phi) is 4.48. The van der Waals surface area contributed by atoms with E-state index in [2.05, 4.69) is 10.5 Å². The zero-order valence-corrected chi connectivity index (χ0v) is 12.5. The average molecular weight is 284 g/mol. The Morgan fingerprint density at radius 2 is 1.81 bits per heavy atom. The molecule has 0 fully saturated rings. The molecule has 0 amide bonds. The number of aromatic hydroxyl groups is 2. The highest BCUT2D eigenvalue weighted by Gasteiger charge is 2.12. The van der Waals surface area contributed by atoms with Crippen molar-refractivity contribution >= 4 is 11.9 Å². The monoisotopic (exact) mass is 284 g/mol. The highest BCUT2D eigenvalue weighted by atomic mass is 16.3. The minimum absolute atomic E-state index is 0.167. The van der Waals surface area contributed by atoms with Gasteiger partial charge in [-0.25, -0.2) is 0 Å². The van der Waals surface area contributed by atoms with E-state index in [4.69, 9.17) is 0 Å². The summed E-state index contributed by atoms with van der Waals surface area (Å²) in [7, 11) is 0. The molecule has 4 nitrogen and oxygen atoms in total. The van der Waals surface area contributed by atoms with Gasteiger partial charge in [0, 0.05) is 5.56 Å². The third-order valence-corrected chi connectivity index (χ3v) is 3.36. The van der Waals surface area contributed by atoms with Crippen molar-refractivity contribution in [1.29, 1.82) is 0 Å². The summed E-state index contributed by atoms with van der Waals surface area (Å²) in [5, 5.41) is 24.1. The zero-order valence-electron chi connectivity index (χ0n) is 12.5. The molecule has 0 saturated carbocycles. The first-order valence-corrected chi connectivity index (χ1v) is 6.90. The van der Waals surface area contributed by atoms with Gasteiger partial charge in [-0.15, -0.1) is 0 Å². The summed E-state index contributed by atoms with van der Waals surface area (Å²) in [6, 6.07) is 10.8. The number of hydrazone groups is 1. The van der Waals surface area contributed by atoms with Gasteiger partial charge in [-0.1, -0.05) is 38.1 Å². The second-order valence-corrected chi connectivity index (χ2v) is 5.28. The maximum Gasteiger partial charge on any atom is 0.144 e. The fourth-order valence-electron chi connectivity index (χ4n) is 2.08. The Morgan fingerprint density at radius 1 is 1.10 bits per heavy atom. The molecular weight excluding hydrogens is 264 g/mol. The molecule has 0 spiro atoms. The fraction of sp³-hybridized carbons (Fsp3) is 0.235. The first-order valence-electron chi connectivity index (χ1n) is 6.90. The van der Waals surface area contributed by atoms with Gasteiger partial charge < -0.3 is 10.2 Å². The number of benzene rings is 2. The van der Waals surface area contributed by atoms with Gasteiger partial charge in [-0.2, -0.15) is 5.10 Å². The van der Waals surface area contributed by atoms with Crippen LogP contribution in [0, 0.1) is 6.92 Å². The number of nitrogens with zero attached hydrogens (tertiary/aromatic N) is 1. The van der Waals surface area contributed by atoms with Crippen molar-refractivity contribution in [3.8, 4) is 11.5 Å². The lowest BCUT2D eigenvalue weighted by Gasteiger charge is -2.14. The summed E-state index contributed by atoms with van der Waals surface area (Å²) in [6.45, 7) is 5.96. The third-order valence-electron chi connectivity index (χ3n) is 3.36. The topological polar surface area (TPSA) is 64.8 Å². The molecule has 0 radical (unpaired) electrons. The van der Waals surface area contributed by atoms with Crippen LogP contribution in [0.3, 0.4) is 0 Å². The number of anilines is 1. The van der Waals surface area contributed by atoms with Crippen LogP contribution in [-0.4, -0.2) is 16.4 Å². The second kappa shape index (κ2) is 6.31. The molecular formula is C17H20N2O2. The van der Waals surface area contributed by atoms with E-state index < -0.39 is 0 Å². The molecule has 110 valence electrons. The van der Waals surface area contributed by atoms with Crippen molar-refractivity contribution < 1.29 is 10.2 Å². The minimum Gasteiger partial charge on any atom is -0.507 e. The van der Waals surface area contributed by atoms with Crippen LogP contribution in [-0.2, 0) is 0 Å². The van der Waals surface area contributed by atoms with Crippen LogP contribution in [0.15, 0.2) is 41.5 Å². The largest absolute Gasteiger partial charge is 0.507 e. The number of hydrogen-bond donors (Lipinski definition) is 3. The SMILES string of the molecule is Cc1ccc(C(C)C)c(O)c1NN=Cc1ccccc1O. The predicted molar refractivity (Wildman–Crippen MR) is 86.3 cm³/mol.